The third kappa shape index (κ3) is 1.99. The molecule has 2 aliphatic rings. The van der Waals surface area contributed by atoms with Crippen molar-refractivity contribution >= 4 is 0 Å². The molecule has 92 valence electrons. The van der Waals surface area contributed by atoms with Gasteiger partial charge in [-0.25, -0.2) is 4.39 Å². The molecule has 2 heteroatoms. The minimum atomic E-state index is -0.142. The van der Waals surface area contributed by atoms with Crippen LogP contribution in [0, 0.1) is 23.6 Å². The Hall–Kier alpha value is -0.890. The minimum absolute atomic E-state index is 0.142. The second-order valence-corrected chi connectivity index (χ2v) is 5.51. The second-order valence-electron chi connectivity index (χ2n) is 5.51. The summed E-state index contributed by atoms with van der Waals surface area (Å²) in [6.45, 7) is 0. The molecule has 0 aromatic heterocycles. The first-order chi connectivity index (χ1) is 8.31. The molecule has 2 aliphatic carbocycles. The van der Waals surface area contributed by atoms with Crippen LogP contribution in [-0.4, -0.2) is 7.05 Å². The highest BCUT2D eigenvalue weighted by Gasteiger charge is 2.53. The highest BCUT2D eigenvalue weighted by atomic mass is 19.1. The zero-order valence-electron chi connectivity index (χ0n) is 10.3. The molecule has 0 radical (unpaired) electrons. The first-order valence-corrected chi connectivity index (χ1v) is 6.74. The van der Waals surface area contributed by atoms with Gasteiger partial charge in [0.15, 0.2) is 0 Å². The van der Waals surface area contributed by atoms with Crippen molar-refractivity contribution in [3.05, 3.63) is 35.6 Å². The fourth-order valence-corrected chi connectivity index (χ4v) is 3.79. The number of benzene rings is 1. The summed E-state index contributed by atoms with van der Waals surface area (Å²) in [7, 11) is 2.03. The van der Waals surface area contributed by atoms with Gasteiger partial charge < -0.3 is 5.32 Å². The van der Waals surface area contributed by atoms with Gasteiger partial charge >= 0.3 is 0 Å². The van der Waals surface area contributed by atoms with Gasteiger partial charge in [0.1, 0.15) is 5.82 Å². The Bertz CT molecular complexity index is 374. The largest absolute Gasteiger partial charge is 0.313 e. The molecule has 2 fully saturated rings. The van der Waals surface area contributed by atoms with Gasteiger partial charge in [0.25, 0.3) is 0 Å². The first kappa shape index (κ1) is 11.2. The van der Waals surface area contributed by atoms with Crippen molar-refractivity contribution < 1.29 is 4.39 Å². The van der Waals surface area contributed by atoms with Crippen LogP contribution in [0.5, 0.6) is 0 Å². The number of hydrogen-bond acceptors (Lipinski definition) is 1. The predicted octanol–water partition coefficient (Wildman–Crippen LogP) is 3.52. The monoisotopic (exact) mass is 233 g/mol. The Morgan fingerprint density at radius 1 is 1.12 bits per heavy atom. The van der Waals surface area contributed by atoms with Crippen molar-refractivity contribution in [1.82, 2.24) is 5.32 Å². The third-order valence-corrected chi connectivity index (χ3v) is 4.65. The Kier molecular flexibility index (Phi) is 2.91. The Balaban J connectivity index is 1.78. The smallest absolute Gasteiger partial charge is 0.123 e. The van der Waals surface area contributed by atoms with Crippen LogP contribution < -0.4 is 5.32 Å². The summed E-state index contributed by atoms with van der Waals surface area (Å²) < 4.78 is 12.9. The van der Waals surface area contributed by atoms with Crippen LogP contribution in [0.2, 0.25) is 0 Å². The lowest BCUT2D eigenvalue weighted by molar-refractivity contribution is 0.480. The molecule has 17 heavy (non-hydrogen) atoms. The lowest BCUT2D eigenvalue weighted by Gasteiger charge is -2.17. The average molecular weight is 233 g/mol. The number of hydrogen-bond donors (Lipinski definition) is 1. The zero-order chi connectivity index (χ0) is 11.8. The van der Waals surface area contributed by atoms with Crippen LogP contribution in [-0.2, 0) is 0 Å². The minimum Gasteiger partial charge on any atom is -0.313 e. The predicted molar refractivity (Wildman–Crippen MR) is 67.1 cm³/mol. The number of halogens is 1. The van der Waals surface area contributed by atoms with E-state index in [1.54, 1.807) is 12.1 Å². The molecule has 0 aliphatic heterocycles. The van der Waals surface area contributed by atoms with E-state index in [1.807, 2.05) is 19.2 Å². The van der Waals surface area contributed by atoms with E-state index in [-0.39, 0.29) is 5.82 Å². The molecule has 0 spiro atoms. The SMILES string of the molecule is CNC(c1ccc(F)cc1)C1C2CCCCC21. The van der Waals surface area contributed by atoms with Gasteiger partial charge in [-0.15, -0.1) is 0 Å². The summed E-state index contributed by atoms with van der Waals surface area (Å²) in [4.78, 5) is 0. The Morgan fingerprint density at radius 3 is 2.24 bits per heavy atom. The molecular weight excluding hydrogens is 213 g/mol. The summed E-state index contributed by atoms with van der Waals surface area (Å²) in [6.07, 6.45) is 5.60. The normalized spacial score (nSPS) is 32.9. The van der Waals surface area contributed by atoms with Crippen molar-refractivity contribution in [1.29, 1.82) is 0 Å². The number of nitrogens with one attached hydrogen (secondary N) is 1. The molecule has 3 unspecified atom stereocenters. The second kappa shape index (κ2) is 4.41. The van der Waals surface area contributed by atoms with Gasteiger partial charge in [0.2, 0.25) is 0 Å². The summed E-state index contributed by atoms with van der Waals surface area (Å²) >= 11 is 0. The molecule has 0 amide bonds. The average Bonchev–Trinajstić information content (AvgIpc) is 3.07. The number of fused-ring (bicyclic) bond motifs is 1. The van der Waals surface area contributed by atoms with Crippen molar-refractivity contribution in [3.8, 4) is 0 Å². The summed E-state index contributed by atoms with van der Waals surface area (Å²) in [5.74, 6) is 2.49. The van der Waals surface area contributed by atoms with E-state index >= 15 is 0 Å². The van der Waals surface area contributed by atoms with Crippen molar-refractivity contribution in [2.24, 2.45) is 17.8 Å². The Labute approximate surface area is 102 Å². The summed E-state index contributed by atoms with van der Waals surface area (Å²) in [6, 6.07) is 7.43. The Morgan fingerprint density at radius 2 is 1.71 bits per heavy atom. The maximum atomic E-state index is 12.9. The lowest BCUT2D eigenvalue weighted by atomic mass is 10.00. The highest BCUT2D eigenvalue weighted by Crippen LogP contribution is 2.60. The molecule has 1 aromatic carbocycles. The lowest BCUT2D eigenvalue weighted by Crippen LogP contribution is -2.19. The fraction of sp³-hybridized carbons (Fsp3) is 0.600. The molecule has 0 saturated heterocycles. The van der Waals surface area contributed by atoms with Crippen LogP contribution in [0.4, 0.5) is 4.39 Å². The van der Waals surface area contributed by atoms with Gasteiger partial charge in [-0.05, 0) is 55.3 Å². The van der Waals surface area contributed by atoms with Crippen LogP contribution in [0.15, 0.2) is 24.3 Å². The van der Waals surface area contributed by atoms with E-state index < -0.39 is 0 Å². The van der Waals surface area contributed by atoms with E-state index in [0.717, 1.165) is 17.8 Å². The van der Waals surface area contributed by atoms with E-state index in [2.05, 4.69) is 5.32 Å². The van der Waals surface area contributed by atoms with Gasteiger partial charge in [0.05, 0.1) is 0 Å². The van der Waals surface area contributed by atoms with Gasteiger partial charge in [0, 0.05) is 6.04 Å². The van der Waals surface area contributed by atoms with Crippen molar-refractivity contribution in [3.63, 3.8) is 0 Å². The van der Waals surface area contributed by atoms with Crippen LogP contribution in [0.1, 0.15) is 37.3 Å². The van der Waals surface area contributed by atoms with E-state index in [1.165, 1.54) is 31.2 Å². The van der Waals surface area contributed by atoms with Crippen LogP contribution >= 0.6 is 0 Å². The zero-order valence-corrected chi connectivity index (χ0v) is 10.3. The molecule has 1 nitrogen and oxygen atoms in total. The highest BCUT2D eigenvalue weighted by molar-refractivity contribution is 5.24. The van der Waals surface area contributed by atoms with Gasteiger partial charge in [-0.3, -0.25) is 0 Å². The van der Waals surface area contributed by atoms with E-state index in [0.29, 0.717) is 6.04 Å². The molecule has 2 saturated carbocycles. The molecule has 0 heterocycles. The maximum Gasteiger partial charge on any atom is 0.123 e. The van der Waals surface area contributed by atoms with Gasteiger partial charge in [-0.2, -0.15) is 0 Å². The summed E-state index contributed by atoms with van der Waals surface area (Å²) in [5.41, 5.74) is 1.24. The molecule has 3 rings (SSSR count). The van der Waals surface area contributed by atoms with Crippen LogP contribution in [0.3, 0.4) is 0 Å². The summed E-state index contributed by atoms with van der Waals surface area (Å²) in [5, 5.41) is 3.43. The third-order valence-electron chi connectivity index (χ3n) is 4.65. The standard InChI is InChI=1S/C15H20FN/c1-17-15(10-6-8-11(16)9-7-10)14-12-4-2-3-5-13(12)14/h6-9,12-15,17H,2-5H2,1H3. The van der Waals surface area contributed by atoms with E-state index in [4.69, 9.17) is 0 Å². The van der Waals surface area contributed by atoms with Crippen molar-refractivity contribution in [2.45, 2.75) is 31.7 Å². The fourth-order valence-electron chi connectivity index (χ4n) is 3.79. The molecule has 1 N–H and O–H groups in total. The molecular formula is C15H20FN. The molecule has 3 atom stereocenters. The number of rotatable bonds is 3. The molecule has 1 aromatic rings. The van der Waals surface area contributed by atoms with Crippen molar-refractivity contribution in [2.75, 3.05) is 7.05 Å². The first-order valence-electron chi connectivity index (χ1n) is 6.74. The molecule has 0 bridgehead atoms. The van der Waals surface area contributed by atoms with E-state index in [9.17, 15) is 4.39 Å². The van der Waals surface area contributed by atoms with Gasteiger partial charge in [-0.1, -0.05) is 25.0 Å². The quantitative estimate of drug-likeness (QED) is 0.842. The van der Waals surface area contributed by atoms with Crippen LogP contribution in [0.25, 0.3) is 0 Å². The topological polar surface area (TPSA) is 12.0 Å². The maximum absolute atomic E-state index is 12.9.